The molecule has 38 heavy (non-hydrogen) atoms. The molecule has 1 amide bonds. The van der Waals surface area contributed by atoms with Crippen molar-refractivity contribution in [3.8, 4) is 17.2 Å². The molecule has 0 spiro atoms. The first kappa shape index (κ1) is 27.1. The maximum absolute atomic E-state index is 13.5. The standard InChI is InChI=1S/C30H30ClNO6/c1-17(2)38-21-12-10-19(11-13-21)26-25(27(33)22-14-18(3)15-23(31)29(22)37-5)28(34)30(35)32(26)16-20-8-6-7-9-24(20)36-4/h6-15,17,26,33H,16H2,1-5H3/b27-25+. The number of carbonyl (C=O) groups excluding carboxylic acids is 2. The van der Waals surface area contributed by atoms with Crippen LogP contribution in [0.25, 0.3) is 5.76 Å². The van der Waals surface area contributed by atoms with E-state index in [2.05, 4.69) is 0 Å². The van der Waals surface area contributed by atoms with Crippen molar-refractivity contribution in [3.05, 3.63) is 93.5 Å². The van der Waals surface area contributed by atoms with Gasteiger partial charge in [0, 0.05) is 5.56 Å². The Kier molecular flexibility index (Phi) is 7.97. The number of methoxy groups -OCH3 is 2. The summed E-state index contributed by atoms with van der Waals surface area (Å²) in [6, 6.07) is 16.9. The van der Waals surface area contributed by atoms with Crippen LogP contribution in [-0.4, -0.2) is 42.0 Å². The second-order valence-electron chi connectivity index (χ2n) is 9.30. The monoisotopic (exact) mass is 535 g/mol. The van der Waals surface area contributed by atoms with Crippen molar-refractivity contribution in [2.75, 3.05) is 14.2 Å². The molecule has 1 N–H and O–H groups in total. The smallest absolute Gasteiger partial charge is 0.295 e. The predicted octanol–water partition coefficient (Wildman–Crippen LogP) is 6.07. The van der Waals surface area contributed by atoms with Crippen molar-refractivity contribution in [3.63, 3.8) is 0 Å². The summed E-state index contributed by atoms with van der Waals surface area (Å²) in [5, 5.41) is 11.8. The highest BCUT2D eigenvalue weighted by Gasteiger charge is 2.46. The van der Waals surface area contributed by atoms with Crippen molar-refractivity contribution < 1.29 is 28.9 Å². The van der Waals surface area contributed by atoms with Crippen molar-refractivity contribution in [1.82, 2.24) is 4.90 Å². The van der Waals surface area contributed by atoms with E-state index < -0.39 is 17.7 Å². The molecule has 198 valence electrons. The van der Waals surface area contributed by atoms with Gasteiger partial charge >= 0.3 is 0 Å². The molecule has 0 aliphatic carbocycles. The molecule has 1 heterocycles. The van der Waals surface area contributed by atoms with E-state index in [-0.39, 0.29) is 40.3 Å². The number of aliphatic hydroxyl groups excluding tert-OH is 1. The maximum atomic E-state index is 13.5. The average molecular weight is 536 g/mol. The number of benzene rings is 3. The summed E-state index contributed by atoms with van der Waals surface area (Å²) in [4.78, 5) is 28.4. The Labute approximate surface area is 227 Å². The zero-order chi connectivity index (χ0) is 27.6. The Morgan fingerprint density at radius 2 is 1.71 bits per heavy atom. The second-order valence-corrected chi connectivity index (χ2v) is 9.71. The average Bonchev–Trinajstić information content (AvgIpc) is 3.13. The number of ether oxygens (including phenoxy) is 3. The molecular weight excluding hydrogens is 506 g/mol. The lowest BCUT2D eigenvalue weighted by Crippen LogP contribution is -2.29. The Morgan fingerprint density at radius 3 is 2.34 bits per heavy atom. The summed E-state index contributed by atoms with van der Waals surface area (Å²) < 4.78 is 16.7. The minimum absolute atomic E-state index is 0.0180. The van der Waals surface area contributed by atoms with Crippen LogP contribution in [0.1, 0.15) is 42.1 Å². The molecule has 1 atom stereocenters. The van der Waals surface area contributed by atoms with Crippen molar-refractivity contribution in [1.29, 1.82) is 0 Å². The van der Waals surface area contributed by atoms with Gasteiger partial charge in [0.15, 0.2) is 0 Å². The van der Waals surface area contributed by atoms with E-state index in [0.29, 0.717) is 17.1 Å². The molecule has 1 aliphatic heterocycles. The van der Waals surface area contributed by atoms with Gasteiger partial charge in [-0.25, -0.2) is 0 Å². The molecule has 1 saturated heterocycles. The molecule has 1 unspecified atom stereocenters. The van der Waals surface area contributed by atoms with Crippen LogP contribution in [-0.2, 0) is 16.1 Å². The van der Waals surface area contributed by atoms with E-state index in [1.807, 2.05) is 39.0 Å². The van der Waals surface area contributed by atoms with Gasteiger partial charge in [-0.2, -0.15) is 0 Å². The van der Waals surface area contributed by atoms with Crippen molar-refractivity contribution >= 4 is 29.1 Å². The molecule has 0 bridgehead atoms. The van der Waals surface area contributed by atoms with Crippen LogP contribution >= 0.6 is 11.6 Å². The lowest BCUT2D eigenvalue weighted by Gasteiger charge is -2.26. The van der Waals surface area contributed by atoms with Gasteiger partial charge in [-0.15, -0.1) is 0 Å². The zero-order valence-corrected chi connectivity index (χ0v) is 22.7. The highest BCUT2D eigenvalue weighted by molar-refractivity contribution is 6.46. The number of rotatable bonds is 8. The largest absolute Gasteiger partial charge is 0.507 e. The molecule has 1 fully saturated rings. The minimum atomic E-state index is -0.878. The number of nitrogens with zero attached hydrogens (tertiary/aromatic N) is 1. The van der Waals surface area contributed by atoms with Crippen LogP contribution in [0.5, 0.6) is 17.2 Å². The summed E-state index contributed by atoms with van der Waals surface area (Å²) in [6.07, 6.45) is -0.0180. The second kappa shape index (κ2) is 11.2. The lowest BCUT2D eigenvalue weighted by molar-refractivity contribution is -0.140. The number of hydrogen-bond donors (Lipinski definition) is 1. The van der Waals surface area contributed by atoms with E-state index in [4.69, 9.17) is 25.8 Å². The number of amides is 1. The number of carbonyl (C=O) groups is 2. The molecule has 0 radical (unpaired) electrons. The van der Waals surface area contributed by atoms with E-state index in [1.165, 1.54) is 12.0 Å². The van der Waals surface area contributed by atoms with Gasteiger partial charge in [-0.1, -0.05) is 41.9 Å². The van der Waals surface area contributed by atoms with Gasteiger partial charge in [0.1, 0.15) is 23.0 Å². The van der Waals surface area contributed by atoms with Gasteiger partial charge in [-0.05, 0) is 62.2 Å². The summed E-state index contributed by atoms with van der Waals surface area (Å²) in [5.41, 5.74) is 2.29. The highest BCUT2D eigenvalue weighted by atomic mass is 35.5. The number of aliphatic hydroxyl groups is 1. The van der Waals surface area contributed by atoms with Gasteiger partial charge in [0.05, 0.1) is 49.1 Å². The topological polar surface area (TPSA) is 85.3 Å². The first-order valence-electron chi connectivity index (χ1n) is 12.2. The van der Waals surface area contributed by atoms with Gasteiger partial charge < -0.3 is 24.2 Å². The number of likely N-dealkylation sites (tertiary alicyclic amines) is 1. The number of halogens is 1. The van der Waals surface area contributed by atoms with E-state index in [9.17, 15) is 14.7 Å². The SMILES string of the molecule is COc1ccccc1CN1C(=O)C(=O)/C(=C(/O)c2cc(C)cc(Cl)c2OC)C1c1ccc(OC(C)C)cc1. The van der Waals surface area contributed by atoms with Crippen molar-refractivity contribution in [2.24, 2.45) is 0 Å². The Hall–Kier alpha value is -3.97. The van der Waals surface area contributed by atoms with Crippen LogP contribution in [0, 0.1) is 6.92 Å². The quantitative estimate of drug-likeness (QED) is 0.214. The fraction of sp³-hybridized carbons (Fsp3) is 0.267. The van der Waals surface area contributed by atoms with Crippen molar-refractivity contribution in [2.45, 2.75) is 39.5 Å². The predicted molar refractivity (Wildman–Crippen MR) is 146 cm³/mol. The van der Waals surface area contributed by atoms with Crippen LogP contribution in [0.4, 0.5) is 0 Å². The summed E-state index contributed by atoms with van der Waals surface area (Å²) in [6.45, 7) is 5.76. The summed E-state index contributed by atoms with van der Waals surface area (Å²) >= 11 is 6.38. The molecule has 0 aromatic heterocycles. The molecule has 4 rings (SSSR count). The number of para-hydroxylation sites is 1. The van der Waals surface area contributed by atoms with Crippen LogP contribution in [0.2, 0.25) is 5.02 Å². The molecule has 0 saturated carbocycles. The third-order valence-electron chi connectivity index (χ3n) is 6.29. The fourth-order valence-electron chi connectivity index (χ4n) is 4.67. The number of aryl methyl sites for hydroxylation is 1. The van der Waals surface area contributed by atoms with E-state index >= 15 is 0 Å². The maximum Gasteiger partial charge on any atom is 0.295 e. The first-order valence-corrected chi connectivity index (χ1v) is 12.6. The number of hydrogen-bond acceptors (Lipinski definition) is 6. The highest BCUT2D eigenvalue weighted by Crippen LogP contribution is 2.44. The third kappa shape index (κ3) is 5.20. The molecular formula is C30H30ClNO6. The Bertz CT molecular complexity index is 1400. The van der Waals surface area contributed by atoms with Gasteiger partial charge in [0.2, 0.25) is 0 Å². The summed E-state index contributed by atoms with van der Waals surface area (Å²) in [7, 11) is 2.98. The Balaban J connectivity index is 1.91. The van der Waals surface area contributed by atoms with Crippen LogP contribution in [0.15, 0.2) is 66.2 Å². The minimum Gasteiger partial charge on any atom is -0.507 e. The van der Waals surface area contributed by atoms with Gasteiger partial charge in [-0.3, -0.25) is 9.59 Å². The fourth-order valence-corrected chi connectivity index (χ4v) is 5.02. The number of ketones is 1. The first-order chi connectivity index (χ1) is 18.2. The van der Waals surface area contributed by atoms with E-state index in [1.54, 1.807) is 49.6 Å². The van der Waals surface area contributed by atoms with Crippen LogP contribution in [0.3, 0.4) is 0 Å². The van der Waals surface area contributed by atoms with Crippen LogP contribution < -0.4 is 14.2 Å². The Morgan fingerprint density at radius 1 is 1.03 bits per heavy atom. The van der Waals surface area contributed by atoms with Gasteiger partial charge in [0.25, 0.3) is 11.7 Å². The molecule has 3 aromatic carbocycles. The molecule has 8 heteroatoms. The zero-order valence-electron chi connectivity index (χ0n) is 21.9. The molecule has 3 aromatic rings. The lowest BCUT2D eigenvalue weighted by atomic mass is 9.94. The molecule has 1 aliphatic rings. The summed E-state index contributed by atoms with van der Waals surface area (Å²) in [5.74, 6) is -0.447. The normalized spacial score (nSPS) is 16.7. The molecule has 7 nitrogen and oxygen atoms in total. The third-order valence-corrected chi connectivity index (χ3v) is 6.57. The number of Topliss-reactive ketones (excluding diaryl/α,β-unsaturated/α-hetero) is 1. The van der Waals surface area contributed by atoms with E-state index in [0.717, 1.165) is 11.1 Å².